The minimum Gasteiger partial charge on any atom is -0.228 e. The second-order valence-corrected chi connectivity index (χ2v) is 16.3. The lowest BCUT2D eigenvalue weighted by Gasteiger charge is -2.29. The molecule has 2 aliphatic rings. The van der Waals surface area contributed by atoms with Crippen LogP contribution < -0.4 is 0 Å². The van der Waals surface area contributed by atoms with Gasteiger partial charge >= 0.3 is 0 Å². The zero-order valence-electron chi connectivity index (χ0n) is 31.4. The number of aromatic nitrogens is 2. The van der Waals surface area contributed by atoms with Gasteiger partial charge in [-0.1, -0.05) is 188 Å². The van der Waals surface area contributed by atoms with E-state index in [1.54, 1.807) is 0 Å². The number of hydrogen-bond acceptors (Lipinski definition) is 3. The van der Waals surface area contributed by atoms with Crippen LogP contribution in [0.5, 0.6) is 0 Å². The molecule has 270 valence electrons. The summed E-state index contributed by atoms with van der Waals surface area (Å²) in [6, 6.07) is 74.6. The summed E-state index contributed by atoms with van der Waals surface area (Å²) in [5.41, 5.74) is 18.5. The lowest BCUT2D eigenvalue weighted by Crippen LogP contribution is -2.24. The van der Waals surface area contributed by atoms with Crippen LogP contribution >= 0.6 is 11.3 Å². The van der Waals surface area contributed by atoms with Gasteiger partial charge in [-0.15, -0.1) is 11.3 Å². The Bertz CT molecular complexity index is 3170. The third kappa shape index (κ3) is 4.84. The first-order valence-electron chi connectivity index (χ1n) is 19.8. The maximum atomic E-state index is 5.34. The van der Waals surface area contributed by atoms with Crippen molar-refractivity contribution < 1.29 is 0 Å². The van der Waals surface area contributed by atoms with Crippen LogP contribution in [0.1, 0.15) is 21.6 Å². The molecule has 0 bridgehead atoms. The predicted molar refractivity (Wildman–Crippen MR) is 241 cm³/mol. The molecule has 0 fully saturated rings. The summed E-state index contributed by atoms with van der Waals surface area (Å²) in [7, 11) is 0. The first-order chi connectivity index (χ1) is 28.8. The van der Waals surface area contributed by atoms with Crippen LogP contribution in [0.25, 0.3) is 88.5 Å². The summed E-state index contributed by atoms with van der Waals surface area (Å²) in [6.07, 6.45) is 0. The number of benzene rings is 8. The van der Waals surface area contributed by atoms with Gasteiger partial charge in [-0.3, -0.25) is 0 Å². The Morgan fingerprint density at radius 1 is 0.345 bits per heavy atom. The van der Waals surface area contributed by atoms with Crippen molar-refractivity contribution in [1.82, 2.24) is 9.97 Å². The van der Waals surface area contributed by atoms with Crippen molar-refractivity contribution in [1.29, 1.82) is 0 Å². The molecule has 2 heterocycles. The normalized spacial score (nSPS) is 13.0. The highest BCUT2D eigenvalue weighted by molar-refractivity contribution is 7.20. The quantitative estimate of drug-likeness (QED) is 0.175. The third-order valence-electron chi connectivity index (χ3n) is 12.1. The van der Waals surface area contributed by atoms with E-state index >= 15 is 0 Å². The van der Waals surface area contributed by atoms with Gasteiger partial charge in [-0.05, 0) is 73.8 Å². The molecule has 2 nitrogen and oxygen atoms in total. The molecule has 0 radical (unpaired) electrons. The first kappa shape index (κ1) is 33.0. The molecule has 10 aromatic rings. The van der Waals surface area contributed by atoms with Crippen molar-refractivity contribution in [2.75, 3.05) is 0 Å². The molecule has 0 saturated heterocycles. The number of hydrogen-bond donors (Lipinski definition) is 0. The Balaban J connectivity index is 1.06. The largest absolute Gasteiger partial charge is 0.228 e. The second kappa shape index (κ2) is 12.9. The molecule has 0 N–H and O–H groups in total. The molecule has 1 spiro atoms. The maximum Gasteiger partial charge on any atom is 0.160 e. The van der Waals surface area contributed by atoms with Gasteiger partial charge < -0.3 is 0 Å². The van der Waals surface area contributed by atoms with Crippen molar-refractivity contribution in [3.8, 4) is 78.4 Å². The summed E-state index contributed by atoms with van der Waals surface area (Å²) in [5.74, 6) is 0.703. The molecular weight excluding hydrogens is 721 g/mol. The summed E-state index contributed by atoms with van der Waals surface area (Å²) in [5, 5.41) is 1.33. The molecular formula is C55H34N2S. The van der Waals surface area contributed by atoms with Gasteiger partial charge in [-0.25, -0.2) is 9.97 Å². The molecule has 0 saturated carbocycles. The molecule has 0 atom stereocenters. The zero-order valence-corrected chi connectivity index (χ0v) is 32.2. The Morgan fingerprint density at radius 2 is 0.879 bits per heavy atom. The second-order valence-electron chi connectivity index (χ2n) is 15.2. The number of rotatable bonds is 5. The van der Waals surface area contributed by atoms with Gasteiger partial charge in [0.15, 0.2) is 5.82 Å². The Labute approximate surface area is 341 Å². The van der Waals surface area contributed by atoms with Crippen LogP contribution in [0.2, 0.25) is 0 Å². The van der Waals surface area contributed by atoms with E-state index in [0.29, 0.717) is 5.82 Å². The van der Waals surface area contributed by atoms with Gasteiger partial charge in [0.05, 0.1) is 16.8 Å². The van der Waals surface area contributed by atoms with Crippen LogP contribution in [0.4, 0.5) is 0 Å². The SMILES string of the molecule is c1ccc(-c2ccc(-c3nc(-c4ccccc4)cc(-c4ccccc4-c4ccc5c(c4)C4(c6ccccc6-c6ccccc64)c4sc6ccccc6c4-5)n3)cc2)cc1. The van der Waals surface area contributed by atoms with Gasteiger partial charge in [0.1, 0.15) is 0 Å². The zero-order chi connectivity index (χ0) is 38.2. The lowest BCUT2D eigenvalue weighted by atomic mass is 9.73. The molecule has 0 unspecified atom stereocenters. The summed E-state index contributed by atoms with van der Waals surface area (Å²) < 4.78 is 1.33. The van der Waals surface area contributed by atoms with E-state index in [9.17, 15) is 0 Å². The highest BCUT2D eigenvalue weighted by atomic mass is 32.1. The fraction of sp³-hybridized carbons (Fsp3) is 0.0182. The standard InChI is InChI=1S/C55H34N2S/c1-3-15-35(16-4-1)36-27-29-38(30-28-36)54-56-49(37-17-5-2-6-18-37)34-50(57-54)43-22-8-7-19-40(43)39-31-32-44-48(33-39)55(53-52(44)45-23-11-14-26-51(45)58-53)46-24-12-9-20-41(46)42-21-10-13-25-47(42)55/h1-34H. The van der Waals surface area contributed by atoms with Crippen molar-refractivity contribution in [2.24, 2.45) is 0 Å². The van der Waals surface area contributed by atoms with Gasteiger partial charge in [0.25, 0.3) is 0 Å². The smallest absolute Gasteiger partial charge is 0.160 e. The van der Waals surface area contributed by atoms with Crippen LogP contribution in [-0.4, -0.2) is 9.97 Å². The molecule has 0 amide bonds. The van der Waals surface area contributed by atoms with E-state index in [0.717, 1.165) is 33.6 Å². The van der Waals surface area contributed by atoms with E-state index in [1.165, 1.54) is 70.6 Å². The molecule has 2 aliphatic carbocycles. The summed E-state index contributed by atoms with van der Waals surface area (Å²) >= 11 is 1.95. The summed E-state index contributed by atoms with van der Waals surface area (Å²) in [6.45, 7) is 0. The van der Waals surface area contributed by atoms with E-state index < -0.39 is 5.41 Å². The third-order valence-corrected chi connectivity index (χ3v) is 13.4. The fourth-order valence-corrected chi connectivity index (χ4v) is 11.0. The molecule has 8 aromatic carbocycles. The van der Waals surface area contributed by atoms with E-state index in [2.05, 4.69) is 200 Å². The van der Waals surface area contributed by atoms with Crippen molar-refractivity contribution in [3.63, 3.8) is 0 Å². The van der Waals surface area contributed by atoms with Crippen LogP contribution in [0.15, 0.2) is 206 Å². The predicted octanol–water partition coefficient (Wildman–Crippen LogP) is 14.4. The Kier molecular flexibility index (Phi) is 7.35. The monoisotopic (exact) mass is 754 g/mol. The fourth-order valence-electron chi connectivity index (χ4n) is 9.58. The molecule has 3 heteroatoms. The molecule has 12 rings (SSSR count). The minimum absolute atomic E-state index is 0.416. The van der Waals surface area contributed by atoms with Crippen molar-refractivity contribution in [3.05, 3.63) is 228 Å². The summed E-state index contributed by atoms with van der Waals surface area (Å²) in [4.78, 5) is 11.9. The average molecular weight is 755 g/mol. The molecule has 0 aliphatic heterocycles. The topological polar surface area (TPSA) is 25.8 Å². The van der Waals surface area contributed by atoms with E-state index in [-0.39, 0.29) is 0 Å². The first-order valence-corrected chi connectivity index (χ1v) is 20.6. The Hall–Kier alpha value is -7.20. The lowest BCUT2D eigenvalue weighted by molar-refractivity contribution is 0.812. The molecule has 2 aromatic heterocycles. The number of thiophene rings is 1. The van der Waals surface area contributed by atoms with Crippen LogP contribution in [0.3, 0.4) is 0 Å². The highest BCUT2D eigenvalue weighted by Gasteiger charge is 2.53. The van der Waals surface area contributed by atoms with Crippen LogP contribution in [0, 0.1) is 0 Å². The maximum absolute atomic E-state index is 5.34. The number of fused-ring (bicyclic) bond motifs is 12. The van der Waals surface area contributed by atoms with Gasteiger partial charge in [0, 0.05) is 37.2 Å². The van der Waals surface area contributed by atoms with Crippen molar-refractivity contribution >= 4 is 21.4 Å². The number of nitrogens with zero attached hydrogens (tertiary/aromatic N) is 2. The van der Waals surface area contributed by atoms with Gasteiger partial charge in [-0.2, -0.15) is 0 Å². The van der Waals surface area contributed by atoms with E-state index in [1.807, 2.05) is 17.4 Å². The van der Waals surface area contributed by atoms with E-state index in [4.69, 9.17) is 9.97 Å². The minimum atomic E-state index is -0.416. The Morgan fingerprint density at radius 3 is 1.60 bits per heavy atom. The molecule has 58 heavy (non-hydrogen) atoms. The van der Waals surface area contributed by atoms with Crippen molar-refractivity contribution in [2.45, 2.75) is 5.41 Å². The van der Waals surface area contributed by atoms with Crippen LogP contribution in [-0.2, 0) is 5.41 Å². The van der Waals surface area contributed by atoms with Gasteiger partial charge in [0.2, 0.25) is 0 Å². The average Bonchev–Trinajstić information content (AvgIpc) is 3.93. The highest BCUT2D eigenvalue weighted by Crippen LogP contribution is 2.66.